The highest BCUT2D eigenvalue weighted by Gasteiger charge is 2.22. The maximum absolute atomic E-state index is 14.0. The summed E-state index contributed by atoms with van der Waals surface area (Å²) in [5.41, 5.74) is 0.958. The normalized spacial score (nSPS) is 14.1. The fourth-order valence-electron chi connectivity index (χ4n) is 4.22. The summed E-state index contributed by atoms with van der Waals surface area (Å²) in [7, 11) is 3.01. The lowest BCUT2D eigenvalue weighted by molar-refractivity contribution is 0.0322. The number of carbonyl (C=O) groups excluding carboxylic acids is 1. The number of halogens is 1. The Bertz CT molecular complexity index is 1320. The Labute approximate surface area is 213 Å². The molecule has 1 aromatic carbocycles. The van der Waals surface area contributed by atoms with Gasteiger partial charge in [-0.1, -0.05) is 6.07 Å². The smallest absolute Gasteiger partial charge is 0.267 e. The number of amides is 1. The Morgan fingerprint density at radius 3 is 2.78 bits per heavy atom. The zero-order valence-electron chi connectivity index (χ0n) is 21.0. The van der Waals surface area contributed by atoms with Gasteiger partial charge in [-0.25, -0.2) is 4.39 Å². The quantitative estimate of drug-likeness (QED) is 0.391. The second kappa shape index (κ2) is 12.1. The van der Waals surface area contributed by atoms with Crippen molar-refractivity contribution in [3.05, 3.63) is 63.3 Å². The van der Waals surface area contributed by atoms with Gasteiger partial charge in [-0.3, -0.25) is 19.5 Å². The number of aromatic hydroxyl groups is 1. The number of rotatable bonds is 10. The number of aryl methyl sites for hydroxylation is 1. The largest absolute Gasteiger partial charge is 0.505 e. The van der Waals surface area contributed by atoms with Gasteiger partial charge in [0, 0.05) is 59.0 Å². The molecule has 0 unspecified atom stereocenters. The molecular formula is C26H31FN4O6. The number of benzene rings is 1. The van der Waals surface area contributed by atoms with Gasteiger partial charge in [-0.2, -0.15) is 0 Å². The van der Waals surface area contributed by atoms with Gasteiger partial charge in [0.15, 0.2) is 5.75 Å². The van der Waals surface area contributed by atoms with Crippen LogP contribution in [0.1, 0.15) is 21.5 Å². The summed E-state index contributed by atoms with van der Waals surface area (Å²) in [6, 6.07) is 6.11. The van der Waals surface area contributed by atoms with Crippen LogP contribution in [0.25, 0.3) is 11.0 Å². The van der Waals surface area contributed by atoms with Crippen molar-refractivity contribution in [3.8, 4) is 11.5 Å². The third-order valence-corrected chi connectivity index (χ3v) is 6.28. The minimum atomic E-state index is -0.701. The van der Waals surface area contributed by atoms with Gasteiger partial charge in [-0.15, -0.1) is 0 Å². The summed E-state index contributed by atoms with van der Waals surface area (Å²) >= 11 is 0. The minimum Gasteiger partial charge on any atom is -0.505 e. The van der Waals surface area contributed by atoms with Crippen molar-refractivity contribution in [2.45, 2.75) is 6.42 Å². The van der Waals surface area contributed by atoms with Crippen LogP contribution in [0.15, 0.2) is 35.3 Å². The first-order chi connectivity index (χ1) is 17.9. The molecular weight excluding hydrogens is 483 g/mol. The highest BCUT2D eigenvalue weighted by Crippen LogP contribution is 2.27. The van der Waals surface area contributed by atoms with E-state index in [0.717, 1.165) is 24.2 Å². The lowest BCUT2D eigenvalue weighted by atomic mass is 10.0. The molecule has 2 aromatic heterocycles. The van der Waals surface area contributed by atoms with E-state index in [1.54, 1.807) is 18.3 Å². The van der Waals surface area contributed by atoms with Crippen molar-refractivity contribution in [1.82, 2.24) is 19.8 Å². The second-order valence-corrected chi connectivity index (χ2v) is 8.78. The van der Waals surface area contributed by atoms with Gasteiger partial charge in [0.2, 0.25) is 0 Å². The van der Waals surface area contributed by atoms with Crippen molar-refractivity contribution in [2.75, 3.05) is 59.7 Å². The Kier molecular flexibility index (Phi) is 8.70. The predicted molar refractivity (Wildman–Crippen MR) is 135 cm³/mol. The molecule has 3 heterocycles. The van der Waals surface area contributed by atoms with Gasteiger partial charge < -0.3 is 29.2 Å². The van der Waals surface area contributed by atoms with Crippen molar-refractivity contribution >= 4 is 16.9 Å². The standard InChI is InChI=1S/C26H31FN4O6/c1-30-20-14-17(16-29-23(20)24(32)22(26(30)34)25(33)28-5-9-35-2)13-18-3-4-19(27)15-21(18)37-12-8-31-6-10-36-11-7-31/h3-4,14-16,32H,5-13H2,1-2H3,(H,28,33). The second-order valence-electron chi connectivity index (χ2n) is 8.78. The number of fused-ring (bicyclic) bond motifs is 1. The van der Waals surface area contributed by atoms with E-state index in [1.807, 2.05) is 0 Å². The molecule has 10 nitrogen and oxygen atoms in total. The number of methoxy groups -OCH3 is 1. The SMILES string of the molecule is COCCNC(=O)c1c(O)c2ncc(Cc3ccc(F)cc3OCCN3CCOCC3)cc2n(C)c1=O. The fourth-order valence-corrected chi connectivity index (χ4v) is 4.22. The number of carbonyl (C=O) groups is 1. The Morgan fingerprint density at radius 1 is 1.24 bits per heavy atom. The van der Waals surface area contributed by atoms with Gasteiger partial charge in [0.05, 0.1) is 25.3 Å². The highest BCUT2D eigenvalue weighted by molar-refractivity contribution is 6.01. The topological polar surface area (TPSA) is 115 Å². The van der Waals surface area contributed by atoms with Crippen molar-refractivity contribution < 1.29 is 28.5 Å². The van der Waals surface area contributed by atoms with Gasteiger partial charge >= 0.3 is 0 Å². The Hall–Kier alpha value is -3.54. The molecule has 1 amide bonds. The minimum absolute atomic E-state index is 0.129. The Morgan fingerprint density at radius 2 is 2.03 bits per heavy atom. The number of nitrogens with one attached hydrogen (secondary N) is 1. The molecule has 1 saturated heterocycles. The van der Waals surface area contributed by atoms with Gasteiger partial charge in [-0.05, 0) is 23.3 Å². The zero-order valence-corrected chi connectivity index (χ0v) is 21.0. The average molecular weight is 515 g/mol. The number of nitrogens with zero attached hydrogens (tertiary/aromatic N) is 3. The van der Waals surface area contributed by atoms with Crippen LogP contribution in [0.4, 0.5) is 4.39 Å². The van der Waals surface area contributed by atoms with E-state index in [-0.39, 0.29) is 24.2 Å². The molecule has 4 rings (SSSR count). The van der Waals surface area contributed by atoms with Crippen LogP contribution in [-0.4, -0.2) is 85.2 Å². The van der Waals surface area contributed by atoms with Crippen LogP contribution in [0.5, 0.6) is 11.5 Å². The maximum atomic E-state index is 14.0. The third-order valence-electron chi connectivity index (χ3n) is 6.28. The summed E-state index contributed by atoms with van der Waals surface area (Å²) in [4.78, 5) is 32.0. The molecule has 11 heteroatoms. The number of pyridine rings is 2. The number of aromatic nitrogens is 2. The van der Waals surface area contributed by atoms with Crippen LogP contribution >= 0.6 is 0 Å². The van der Waals surface area contributed by atoms with E-state index in [0.29, 0.717) is 44.1 Å². The van der Waals surface area contributed by atoms with E-state index in [1.165, 1.54) is 30.9 Å². The van der Waals surface area contributed by atoms with E-state index in [2.05, 4.69) is 15.2 Å². The highest BCUT2D eigenvalue weighted by atomic mass is 19.1. The predicted octanol–water partition coefficient (Wildman–Crippen LogP) is 1.46. The summed E-state index contributed by atoms with van der Waals surface area (Å²) in [5.74, 6) is -1.14. The summed E-state index contributed by atoms with van der Waals surface area (Å²) in [6.45, 7) is 4.63. The summed E-state index contributed by atoms with van der Waals surface area (Å²) in [6.07, 6.45) is 1.92. The van der Waals surface area contributed by atoms with Gasteiger partial charge in [0.25, 0.3) is 11.5 Å². The van der Waals surface area contributed by atoms with Crippen LogP contribution in [-0.2, 0) is 22.9 Å². The fraction of sp³-hybridized carbons (Fsp3) is 0.423. The first-order valence-corrected chi connectivity index (χ1v) is 12.1. The first-order valence-electron chi connectivity index (χ1n) is 12.1. The summed E-state index contributed by atoms with van der Waals surface area (Å²) in [5, 5.41) is 13.2. The van der Waals surface area contributed by atoms with Crippen LogP contribution < -0.4 is 15.6 Å². The molecule has 0 bridgehead atoms. The molecule has 3 aromatic rings. The van der Waals surface area contributed by atoms with E-state index in [4.69, 9.17) is 14.2 Å². The number of hydrogen-bond acceptors (Lipinski definition) is 8. The van der Waals surface area contributed by atoms with Crippen molar-refractivity contribution in [1.29, 1.82) is 0 Å². The molecule has 0 spiro atoms. The number of hydrogen-bond donors (Lipinski definition) is 2. The van der Waals surface area contributed by atoms with E-state index >= 15 is 0 Å². The van der Waals surface area contributed by atoms with E-state index in [9.17, 15) is 19.1 Å². The lowest BCUT2D eigenvalue weighted by Crippen LogP contribution is -2.38. The molecule has 0 atom stereocenters. The Balaban J connectivity index is 1.56. The molecule has 1 aliphatic heterocycles. The zero-order chi connectivity index (χ0) is 26.4. The molecule has 0 radical (unpaired) electrons. The molecule has 37 heavy (non-hydrogen) atoms. The summed E-state index contributed by atoms with van der Waals surface area (Å²) < 4.78 is 31.5. The molecule has 198 valence electrons. The van der Waals surface area contributed by atoms with Crippen molar-refractivity contribution in [3.63, 3.8) is 0 Å². The lowest BCUT2D eigenvalue weighted by Gasteiger charge is -2.26. The average Bonchev–Trinajstić information content (AvgIpc) is 2.90. The maximum Gasteiger partial charge on any atom is 0.267 e. The molecule has 1 aliphatic rings. The number of ether oxygens (including phenoxy) is 3. The third kappa shape index (κ3) is 6.24. The molecule has 2 N–H and O–H groups in total. The monoisotopic (exact) mass is 514 g/mol. The first kappa shape index (κ1) is 26.5. The molecule has 0 aliphatic carbocycles. The van der Waals surface area contributed by atoms with Gasteiger partial charge in [0.1, 0.15) is 29.3 Å². The molecule has 1 fully saturated rings. The van der Waals surface area contributed by atoms with Crippen LogP contribution in [0.2, 0.25) is 0 Å². The number of morpholine rings is 1. The molecule has 0 saturated carbocycles. The van der Waals surface area contributed by atoms with Crippen molar-refractivity contribution in [2.24, 2.45) is 7.05 Å². The van der Waals surface area contributed by atoms with E-state index < -0.39 is 23.0 Å². The van der Waals surface area contributed by atoms with Crippen LogP contribution in [0.3, 0.4) is 0 Å². The van der Waals surface area contributed by atoms with Crippen LogP contribution in [0, 0.1) is 5.82 Å².